The molecule has 2 aromatic heterocycles. The number of methoxy groups -OCH3 is 1. The van der Waals surface area contributed by atoms with E-state index >= 15 is 0 Å². The van der Waals surface area contributed by atoms with E-state index in [-0.39, 0.29) is 23.1 Å². The standard InChI is InChI=1S/C27H27N3O7S2/c1-34-27(12-14-35-15-13-27)21-11-16-38-26(21)36-17-22(30-31)25-29-23(18-5-3-2-4-6-18)24(37-25)19-7-9-20(10-8-19)39(28,32)33/h2-11,16,31H,12-15,17H2,1H3,(H2,28,32,33)/b30-22-. The molecule has 0 radical (unpaired) electrons. The molecule has 1 aliphatic rings. The van der Waals surface area contributed by atoms with Crippen LogP contribution >= 0.6 is 11.3 Å². The molecule has 1 saturated heterocycles. The molecule has 0 atom stereocenters. The number of sulfonamides is 1. The first-order chi connectivity index (χ1) is 18.8. The summed E-state index contributed by atoms with van der Waals surface area (Å²) in [5, 5.41) is 21.1. The molecular formula is C27H27N3O7S2. The lowest BCUT2D eigenvalue weighted by molar-refractivity contribution is -0.0954. The maximum absolute atomic E-state index is 11.7. The fourth-order valence-electron chi connectivity index (χ4n) is 4.52. The van der Waals surface area contributed by atoms with Crippen molar-refractivity contribution < 1.29 is 32.3 Å². The molecule has 4 aromatic rings. The number of oxime groups is 1. The third-order valence-electron chi connectivity index (χ3n) is 6.64. The van der Waals surface area contributed by atoms with Crippen LogP contribution in [0.15, 0.2) is 80.5 Å². The molecule has 1 fully saturated rings. The van der Waals surface area contributed by atoms with Gasteiger partial charge in [0.1, 0.15) is 17.9 Å². The zero-order valence-corrected chi connectivity index (χ0v) is 22.7. The van der Waals surface area contributed by atoms with E-state index < -0.39 is 15.6 Å². The van der Waals surface area contributed by atoms with Crippen LogP contribution in [0, 0.1) is 0 Å². The van der Waals surface area contributed by atoms with E-state index in [2.05, 4.69) is 10.1 Å². The molecule has 10 nitrogen and oxygen atoms in total. The number of aromatic nitrogens is 1. The van der Waals surface area contributed by atoms with E-state index in [4.69, 9.17) is 23.8 Å². The Balaban J connectivity index is 1.46. The quantitative estimate of drug-likeness (QED) is 0.169. The summed E-state index contributed by atoms with van der Waals surface area (Å²) >= 11 is 1.42. The molecule has 39 heavy (non-hydrogen) atoms. The molecule has 3 N–H and O–H groups in total. The second kappa shape index (κ2) is 11.3. The van der Waals surface area contributed by atoms with Gasteiger partial charge in [-0.1, -0.05) is 35.5 Å². The summed E-state index contributed by atoms with van der Waals surface area (Å²) < 4.78 is 47.0. The monoisotopic (exact) mass is 569 g/mol. The van der Waals surface area contributed by atoms with Crippen LogP contribution in [-0.2, 0) is 25.1 Å². The van der Waals surface area contributed by atoms with Crippen LogP contribution < -0.4 is 9.88 Å². The lowest BCUT2D eigenvalue weighted by Crippen LogP contribution is -2.35. The van der Waals surface area contributed by atoms with Crippen molar-refractivity contribution in [2.24, 2.45) is 10.3 Å². The Bertz CT molecular complexity index is 1560. The lowest BCUT2D eigenvalue weighted by Gasteiger charge is -2.36. The minimum Gasteiger partial charge on any atom is -0.477 e. The lowest BCUT2D eigenvalue weighted by atomic mass is 9.87. The number of ether oxygens (including phenoxy) is 3. The van der Waals surface area contributed by atoms with Gasteiger partial charge in [0.15, 0.2) is 16.5 Å². The highest BCUT2D eigenvalue weighted by Crippen LogP contribution is 2.43. The number of oxazole rings is 1. The maximum Gasteiger partial charge on any atom is 0.249 e. The number of thiophene rings is 1. The second-order valence-corrected chi connectivity index (χ2v) is 11.3. The van der Waals surface area contributed by atoms with Crippen LogP contribution in [0.3, 0.4) is 0 Å². The molecular weight excluding hydrogens is 542 g/mol. The van der Waals surface area contributed by atoms with Crippen LogP contribution in [0.4, 0.5) is 0 Å². The van der Waals surface area contributed by atoms with E-state index in [9.17, 15) is 13.6 Å². The van der Waals surface area contributed by atoms with Crippen molar-refractivity contribution >= 4 is 27.1 Å². The molecule has 5 rings (SSSR count). The molecule has 0 saturated carbocycles. The summed E-state index contributed by atoms with van der Waals surface area (Å²) in [6.07, 6.45) is 1.40. The number of primary sulfonamides is 1. The first kappa shape index (κ1) is 27.0. The zero-order chi connectivity index (χ0) is 27.5. The molecule has 204 valence electrons. The van der Waals surface area contributed by atoms with Crippen LogP contribution in [0.5, 0.6) is 5.06 Å². The van der Waals surface area contributed by atoms with Crippen molar-refractivity contribution in [1.29, 1.82) is 0 Å². The molecule has 2 aromatic carbocycles. The van der Waals surface area contributed by atoms with Gasteiger partial charge in [-0.05, 0) is 35.7 Å². The van der Waals surface area contributed by atoms with Gasteiger partial charge in [0.05, 0.1) is 4.90 Å². The predicted octanol–water partition coefficient (Wildman–Crippen LogP) is 4.63. The highest BCUT2D eigenvalue weighted by molar-refractivity contribution is 7.89. The van der Waals surface area contributed by atoms with Crippen LogP contribution in [-0.4, -0.2) is 51.3 Å². The molecule has 0 unspecified atom stereocenters. The SMILES string of the molecule is COC1(c2ccsc2OC/C(=N/O)c2nc(-c3ccccc3)c(-c3ccc(S(N)(=O)=O)cc3)o2)CCOCC1. The Labute approximate surface area is 229 Å². The number of rotatable bonds is 9. The minimum atomic E-state index is -3.85. The number of hydrogen-bond acceptors (Lipinski definition) is 10. The number of hydrogen-bond donors (Lipinski definition) is 2. The number of benzene rings is 2. The van der Waals surface area contributed by atoms with Crippen molar-refractivity contribution in [2.75, 3.05) is 26.9 Å². The van der Waals surface area contributed by atoms with Gasteiger partial charge in [0, 0.05) is 49.9 Å². The van der Waals surface area contributed by atoms with Crippen LogP contribution in [0.2, 0.25) is 0 Å². The van der Waals surface area contributed by atoms with Gasteiger partial charge in [-0.25, -0.2) is 18.5 Å². The average molecular weight is 570 g/mol. The Morgan fingerprint density at radius 2 is 1.82 bits per heavy atom. The highest BCUT2D eigenvalue weighted by Gasteiger charge is 2.38. The molecule has 0 aliphatic carbocycles. The van der Waals surface area contributed by atoms with E-state index in [0.29, 0.717) is 48.1 Å². The van der Waals surface area contributed by atoms with Gasteiger partial charge in [-0.2, -0.15) is 0 Å². The Morgan fingerprint density at radius 1 is 1.10 bits per heavy atom. The van der Waals surface area contributed by atoms with Crippen LogP contribution in [0.1, 0.15) is 24.3 Å². The van der Waals surface area contributed by atoms with Gasteiger partial charge in [0.2, 0.25) is 15.9 Å². The molecule has 0 amide bonds. The normalized spacial score (nSPS) is 15.8. The van der Waals surface area contributed by atoms with E-state index in [1.54, 1.807) is 19.2 Å². The average Bonchev–Trinajstić information content (AvgIpc) is 3.62. The summed E-state index contributed by atoms with van der Waals surface area (Å²) in [4.78, 5) is 4.60. The maximum atomic E-state index is 11.7. The summed E-state index contributed by atoms with van der Waals surface area (Å²) in [6.45, 7) is 1.07. The summed E-state index contributed by atoms with van der Waals surface area (Å²) in [5.41, 5.74) is 2.32. The van der Waals surface area contributed by atoms with Crippen molar-refractivity contribution in [1.82, 2.24) is 4.98 Å². The Hall–Kier alpha value is -3.55. The van der Waals surface area contributed by atoms with Gasteiger partial charge >= 0.3 is 0 Å². The van der Waals surface area contributed by atoms with Crippen LogP contribution in [0.25, 0.3) is 22.6 Å². The molecule has 12 heteroatoms. The largest absolute Gasteiger partial charge is 0.477 e. The van der Waals surface area contributed by atoms with Gasteiger partial charge in [-0.3, -0.25) is 0 Å². The summed E-state index contributed by atoms with van der Waals surface area (Å²) in [6, 6.07) is 17.3. The van der Waals surface area contributed by atoms with Crippen molar-refractivity contribution in [3.8, 4) is 27.6 Å². The van der Waals surface area contributed by atoms with Gasteiger partial charge in [-0.15, -0.1) is 11.3 Å². The molecule has 3 heterocycles. The zero-order valence-electron chi connectivity index (χ0n) is 21.1. The number of nitrogens with zero attached hydrogens (tertiary/aromatic N) is 2. The van der Waals surface area contributed by atoms with Crippen molar-refractivity contribution in [3.63, 3.8) is 0 Å². The van der Waals surface area contributed by atoms with Crippen molar-refractivity contribution in [3.05, 3.63) is 77.5 Å². The van der Waals surface area contributed by atoms with Gasteiger partial charge in [0.25, 0.3) is 0 Å². The van der Waals surface area contributed by atoms with Crippen molar-refractivity contribution in [2.45, 2.75) is 23.3 Å². The first-order valence-corrected chi connectivity index (χ1v) is 14.5. The Kier molecular flexibility index (Phi) is 7.82. The minimum absolute atomic E-state index is 0.0247. The Morgan fingerprint density at radius 3 is 2.46 bits per heavy atom. The van der Waals surface area contributed by atoms with E-state index in [1.165, 1.54) is 23.5 Å². The first-order valence-electron chi connectivity index (χ1n) is 12.1. The van der Waals surface area contributed by atoms with Gasteiger partial charge < -0.3 is 23.8 Å². The topological polar surface area (TPSA) is 146 Å². The molecule has 0 bridgehead atoms. The third-order valence-corrected chi connectivity index (χ3v) is 8.39. The highest BCUT2D eigenvalue weighted by atomic mass is 32.2. The fraction of sp³-hybridized carbons (Fsp3) is 0.259. The van der Waals surface area contributed by atoms with E-state index in [1.807, 2.05) is 41.8 Å². The smallest absolute Gasteiger partial charge is 0.249 e. The van der Waals surface area contributed by atoms with E-state index in [0.717, 1.165) is 11.1 Å². The fourth-order valence-corrected chi connectivity index (χ4v) is 5.87. The summed E-state index contributed by atoms with van der Waals surface area (Å²) in [7, 11) is -2.17. The molecule has 0 spiro atoms. The number of nitrogens with two attached hydrogens (primary N) is 1. The third kappa shape index (κ3) is 5.60. The molecule has 1 aliphatic heterocycles. The second-order valence-electron chi connectivity index (χ2n) is 8.90. The summed E-state index contributed by atoms with van der Waals surface area (Å²) in [5.74, 6) is 0.433. The predicted molar refractivity (Wildman–Crippen MR) is 146 cm³/mol.